The number of hydrogen-bond donors (Lipinski definition) is 1. The van der Waals surface area contributed by atoms with Gasteiger partial charge in [0.2, 0.25) is 5.82 Å². The van der Waals surface area contributed by atoms with Gasteiger partial charge in [0.25, 0.3) is 0 Å². The number of carboxylic acids is 1. The summed E-state index contributed by atoms with van der Waals surface area (Å²) >= 11 is 0. The Balaban J connectivity index is 2.90. The second-order valence-corrected chi connectivity index (χ2v) is 3.15. The van der Waals surface area contributed by atoms with Crippen LogP contribution in [0.1, 0.15) is 21.9 Å². The number of aromatic carboxylic acids is 1. The number of carbonyl (C=O) groups is 1. The molecule has 2 heterocycles. The van der Waals surface area contributed by atoms with E-state index in [1.165, 1.54) is 4.40 Å². The molecule has 0 spiro atoms. The van der Waals surface area contributed by atoms with Gasteiger partial charge in [-0.25, -0.2) is 4.79 Å². The maximum absolute atomic E-state index is 10.8. The van der Waals surface area contributed by atoms with E-state index in [0.717, 1.165) is 11.3 Å². The summed E-state index contributed by atoms with van der Waals surface area (Å²) in [4.78, 5) is 10.8. The Morgan fingerprint density at radius 3 is 2.71 bits per heavy atom. The number of hydrogen-bond acceptors (Lipinski definition) is 3. The van der Waals surface area contributed by atoms with Crippen molar-refractivity contribution in [3.05, 3.63) is 29.2 Å². The van der Waals surface area contributed by atoms with E-state index >= 15 is 0 Å². The van der Waals surface area contributed by atoms with E-state index in [-0.39, 0.29) is 5.82 Å². The standard InChI is InChI=1S/C9H9N3O2/c1-5-3-4-6(2)12-7(5)10-11-8(12)9(13)14/h3-4H,1-2H3,(H,13,14). The van der Waals surface area contributed by atoms with Gasteiger partial charge in [0.15, 0.2) is 5.65 Å². The molecule has 5 nitrogen and oxygen atoms in total. The lowest BCUT2D eigenvalue weighted by molar-refractivity contribution is 0.0682. The van der Waals surface area contributed by atoms with Crippen molar-refractivity contribution in [2.24, 2.45) is 0 Å². The first-order valence-electron chi connectivity index (χ1n) is 4.16. The van der Waals surface area contributed by atoms with Gasteiger partial charge in [-0.1, -0.05) is 6.07 Å². The summed E-state index contributed by atoms with van der Waals surface area (Å²) in [6.45, 7) is 3.69. The predicted octanol–water partition coefficient (Wildman–Crippen LogP) is 1.04. The maximum Gasteiger partial charge on any atom is 0.374 e. The van der Waals surface area contributed by atoms with E-state index < -0.39 is 5.97 Å². The number of carboxylic acid groups (broad SMARTS) is 1. The van der Waals surface area contributed by atoms with Crippen LogP contribution in [-0.2, 0) is 0 Å². The molecule has 0 aliphatic rings. The lowest BCUT2D eigenvalue weighted by Crippen LogP contribution is -2.06. The third-order valence-electron chi connectivity index (χ3n) is 2.13. The molecule has 0 amide bonds. The number of pyridine rings is 1. The van der Waals surface area contributed by atoms with Crippen LogP contribution in [-0.4, -0.2) is 25.7 Å². The van der Waals surface area contributed by atoms with Gasteiger partial charge in [0.05, 0.1) is 0 Å². The van der Waals surface area contributed by atoms with Crippen molar-refractivity contribution in [1.29, 1.82) is 0 Å². The van der Waals surface area contributed by atoms with E-state index in [1.54, 1.807) is 0 Å². The van der Waals surface area contributed by atoms with Gasteiger partial charge < -0.3 is 5.11 Å². The average Bonchev–Trinajstić information content (AvgIpc) is 2.56. The molecule has 0 radical (unpaired) electrons. The highest BCUT2D eigenvalue weighted by atomic mass is 16.4. The summed E-state index contributed by atoms with van der Waals surface area (Å²) in [6.07, 6.45) is 0. The smallest absolute Gasteiger partial charge is 0.374 e. The van der Waals surface area contributed by atoms with Gasteiger partial charge in [0, 0.05) is 5.69 Å². The number of fused-ring (bicyclic) bond motifs is 1. The zero-order chi connectivity index (χ0) is 10.3. The van der Waals surface area contributed by atoms with Gasteiger partial charge in [0.1, 0.15) is 0 Å². The molecule has 2 aromatic heterocycles. The zero-order valence-electron chi connectivity index (χ0n) is 7.85. The molecule has 0 aromatic carbocycles. The number of nitrogens with zero attached hydrogens (tertiary/aromatic N) is 3. The van der Waals surface area contributed by atoms with Crippen molar-refractivity contribution in [3.8, 4) is 0 Å². The summed E-state index contributed by atoms with van der Waals surface area (Å²) in [5, 5.41) is 16.3. The molecule has 1 N–H and O–H groups in total. The van der Waals surface area contributed by atoms with Crippen LogP contribution in [0.15, 0.2) is 12.1 Å². The minimum atomic E-state index is -1.06. The highest BCUT2D eigenvalue weighted by molar-refractivity contribution is 5.84. The van der Waals surface area contributed by atoms with Gasteiger partial charge in [-0.15, -0.1) is 10.2 Å². The van der Waals surface area contributed by atoms with E-state index in [1.807, 2.05) is 26.0 Å². The molecule has 2 rings (SSSR count). The molecule has 0 unspecified atom stereocenters. The van der Waals surface area contributed by atoms with Gasteiger partial charge in [-0.3, -0.25) is 4.40 Å². The van der Waals surface area contributed by atoms with Gasteiger partial charge >= 0.3 is 5.97 Å². The van der Waals surface area contributed by atoms with Crippen LogP contribution >= 0.6 is 0 Å². The Kier molecular flexibility index (Phi) is 1.73. The SMILES string of the molecule is Cc1ccc(C)n2c(C(=O)O)nnc12. The van der Waals surface area contributed by atoms with Crippen LogP contribution in [0.5, 0.6) is 0 Å². The Labute approximate surface area is 80.0 Å². The first-order chi connectivity index (χ1) is 6.61. The molecule has 0 saturated heterocycles. The number of aromatic nitrogens is 3. The highest BCUT2D eigenvalue weighted by Gasteiger charge is 2.14. The second kappa shape index (κ2) is 2.80. The van der Waals surface area contributed by atoms with Gasteiger partial charge in [-0.05, 0) is 25.5 Å². The van der Waals surface area contributed by atoms with Crippen LogP contribution in [0.3, 0.4) is 0 Å². The van der Waals surface area contributed by atoms with Crippen molar-refractivity contribution >= 4 is 11.6 Å². The molecule has 0 bridgehead atoms. The third-order valence-corrected chi connectivity index (χ3v) is 2.13. The van der Waals surface area contributed by atoms with Crippen molar-refractivity contribution in [3.63, 3.8) is 0 Å². The summed E-state index contributed by atoms with van der Waals surface area (Å²) in [7, 11) is 0. The first kappa shape index (κ1) is 8.68. The summed E-state index contributed by atoms with van der Waals surface area (Å²) in [5.41, 5.74) is 2.33. The molecule has 5 heteroatoms. The molecule has 0 atom stereocenters. The maximum atomic E-state index is 10.8. The molecule has 2 aromatic rings. The fourth-order valence-corrected chi connectivity index (χ4v) is 1.41. The second-order valence-electron chi connectivity index (χ2n) is 3.15. The van der Waals surface area contributed by atoms with Crippen molar-refractivity contribution in [2.75, 3.05) is 0 Å². The molecule has 14 heavy (non-hydrogen) atoms. The molecule has 0 saturated carbocycles. The quantitative estimate of drug-likeness (QED) is 0.731. The number of rotatable bonds is 1. The zero-order valence-corrected chi connectivity index (χ0v) is 7.85. The van der Waals surface area contributed by atoms with E-state index in [4.69, 9.17) is 5.11 Å². The molecule has 72 valence electrons. The molecular formula is C9H9N3O2. The average molecular weight is 191 g/mol. The Morgan fingerprint density at radius 2 is 2.07 bits per heavy atom. The predicted molar refractivity (Wildman–Crippen MR) is 49.4 cm³/mol. The van der Waals surface area contributed by atoms with Crippen molar-refractivity contribution in [1.82, 2.24) is 14.6 Å². The Morgan fingerprint density at radius 1 is 1.36 bits per heavy atom. The minimum absolute atomic E-state index is 0.0406. The number of aryl methyl sites for hydroxylation is 2. The van der Waals surface area contributed by atoms with Crippen molar-refractivity contribution in [2.45, 2.75) is 13.8 Å². The van der Waals surface area contributed by atoms with Crippen LogP contribution in [0.2, 0.25) is 0 Å². The molecule has 0 fully saturated rings. The summed E-state index contributed by atoms with van der Waals surface area (Å²) in [5.74, 6) is -1.10. The van der Waals surface area contributed by atoms with Crippen LogP contribution in [0.25, 0.3) is 5.65 Å². The van der Waals surface area contributed by atoms with Crippen LogP contribution in [0, 0.1) is 13.8 Å². The topological polar surface area (TPSA) is 67.5 Å². The normalized spacial score (nSPS) is 10.7. The van der Waals surface area contributed by atoms with E-state index in [9.17, 15) is 4.79 Å². The van der Waals surface area contributed by atoms with Gasteiger partial charge in [-0.2, -0.15) is 0 Å². The monoisotopic (exact) mass is 191 g/mol. The fourth-order valence-electron chi connectivity index (χ4n) is 1.41. The van der Waals surface area contributed by atoms with Crippen LogP contribution < -0.4 is 0 Å². The summed E-state index contributed by atoms with van der Waals surface area (Å²) in [6, 6.07) is 3.74. The fraction of sp³-hybridized carbons (Fsp3) is 0.222. The van der Waals surface area contributed by atoms with Crippen LogP contribution in [0.4, 0.5) is 0 Å². The first-order valence-corrected chi connectivity index (χ1v) is 4.16. The highest BCUT2D eigenvalue weighted by Crippen LogP contribution is 2.12. The third kappa shape index (κ3) is 1.06. The lowest BCUT2D eigenvalue weighted by Gasteiger charge is -2.01. The molecular weight excluding hydrogens is 182 g/mol. The Hall–Kier alpha value is -1.91. The summed E-state index contributed by atoms with van der Waals surface area (Å²) < 4.78 is 1.54. The Bertz CT molecular complexity index is 516. The largest absolute Gasteiger partial charge is 0.475 e. The molecule has 0 aliphatic carbocycles. The van der Waals surface area contributed by atoms with E-state index in [0.29, 0.717) is 5.65 Å². The molecule has 0 aliphatic heterocycles. The van der Waals surface area contributed by atoms with E-state index in [2.05, 4.69) is 10.2 Å². The lowest BCUT2D eigenvalue weighted by atomic mass is 10.2. The minimum Gasteiger partial charge on any atom is -0.475 e. The van der Waals surface area contributed by atoms with Crippen molar-refractivity contribution < 1.29 is 9.90 Å².